The number of hydrogen-bond acceptors (Lipinski definition) is 8. The van der Waals surface area contributed by atoms with Gasteiger partial charge in [-0.2, -0.15) is 0 Å². The van der Waals surface area contributed by atoms with Crippen molar-refractivity contribution < 1.29 is 28.4 Å². The monoisotopic (exact) mass is 620 g/mol. The van der Waals surface area contributed by atoms with Crippen LogP contribution in [0.5, 0.6) is 46.0 Å². The van der Waals surface area contributed by atoms with E-state index in [2.05, 4.69) is 78.5 Å². The van der Waals surface area contributed by atoms with E-state index in [9.17, 15) is 0 Å². The molecule has 0 spiro atoms. The highest BCUT2D eigenvalue weighted by Gasteiger charge is 2.36. The minimum absolute atomic E-state index is 0.0583. The number of ether oxygens (including phenoxy) is 6. The summed E-state index contributed by atoms with van der Waals surface area (Å²) in [4.78, 5) is 4.82. The Kier molecular flexibility index (Phi) is 7.22. The summed E-state index contributed by atoms with van der Waals surface area (Å²) < 4.78 is 37.9. The molecule has 238 valence electrons. The van der Waals surface area contributed by atoms with Crippen LogP contribution in [0.4, 0.5) is 0 Å². The van der Waals surface area contributed by atoms with Crippen molar-refractivity contribution in [3.8, 4) is 46.0 Å². The Morgan fingerprint density at radius 3 is 1.93 bits per heavy atom. The second-order valence-corrected chi connectivity index (χ2v) is 12.8. The van der Waals surface area contributed by atoms with Crippen LogP contribution in [-0.2, 0) is 32.3 Å². The molecule has 4 aromatic carbocycles. The van der Waals surface area contributed by atoms with Gasteiger partial charge >= 0.3 is 0 Å². The number of nitrogens with zero attached hydrogens (tertiary/aromatic N) is 2. The van der Waals surface area contributed by atoms with Crippen LogP contribution in [0.25, 0.3) is 0 Å². The third kappa shape index (κ3) is 4.74. The van der Waals surface area contributed by atoms with Crippen molar-refractivity contribution in [3.05, 3.63) is 93.5 Å². The van der Waals surface area contributed by atoms with Gasteiger partial charge < -0.3 is 28.4 Å². The first-order valence-electron chi connectivity index (χ1n) is 16.1. The fourth-order valence-electron chi connectivity index (χ4n) is 7.70. The van der Waals surface area contributed by atoms with E-state index in [1.165, 1.54) is 27.8 Å². The third-order valence-corrected chi connectivity index (χ3v) is 10.2. The van der Waals surface area contributed by atoms with Crippen molar-refractivity contribution in [2.75, 3.05) is 48.5 Å². The van der Waals surface area contributed by atoms with Crippen molar-refractivity contribution in [2.45, 2.75) is 44.4 Å². The average Bonchev–Trinajstić information content (AvgIpc) is 3.26. The van der Waals surface area contributed by atoms with Gasteiger partial charge in [0.05, 0.1) is 21.3 Å². The Morgan fingerprint density at radius 2 is 1.26 bits per heavy atom. The predicted octanol–water partition coefficient (Wildman–Crippen LogP) is 7.05. The van der Waals surface area contributed by atoms with Crippen LogP contribution < -0.4 is 28.4 Å². The van der Waals surface area contributed by atoms with Gasteiger partial charge in [0, 0.05) is 41.9 Å². The quantitative estimate of drug-likeness (QED) is 0.242. The summed E-state index contributed by atoms with van der Waals surface area (Å²) in [6, 6.07) is 19.4. The molecule has 7 aliphatic heterocycles. The lowest BCUT2D eigenvalue weighted by Gasteiger charge is -2.37. The van der Waals surface area contributed by atoms with Crippen molar-refractivity contribution in [1.82, 2.24) is 9.80 Å². The van der Waals surface area contributed by atoms with Crippen LogP contribution >= 0.6 is 0 Å². The number of likely N-dealkylation sites (N-methyl/N-ethyl adjacent to an activating group) is 2. The van der Waals surface area contributed by atoms with Gasteiger partial charge in [0.25, 0.3) is 0 Å². The van der Waals surface area contributed by atoms with Gasteiger partial charge in [-0.15, -0.1) is 0 Å². The summed E-state index contributed by atoms with van der Waals surface area (Å²) >= 11 is 0. The maximum Gasteiger partial charge on any atom is 0.204 e. The highest BCUT2D eigenvalue weighted by Crippen LogP contribution is 2.53. The number of methoxy groups -OCH3 is 3. The molecule has 0 unspecified atom stereocenters. The second-order valence-electron chi connectivity index (χ2n) is 12.8. The van der Waals surface area contributed by atoms with Crippen LogP contribution in [0.2, 0.25) is 0 Å². The Morgan fingerprint density at radius 1 is 0.630 bits per heavy atom. The summed E-state index contributed by atoms with van der Waals surface area (Å²) in [6.07, 6.45) is 3.39. The van der Waals surface area contributed by atoms with Gasteiger partial charge in [0.1, 0.15) is 18.1 Å². The molecule has 0 fully saturated rings. The molecule has 46 heavy (non-hydrogen) atoms. The third-order valence-electron chi connectivity index (χ3n) is 10.2. The summed E-state index contributed by atoms with van der Waals surface area (Å²) in [5, 5.41) is 0. The standard InChI is InChI=1S/C38H40N2O6/c1-39-14-13-25-20-32(42-4)36-38-34(25)28(39)17-22-6-9-27(10-7-22)45-37-33-24(19-31(41-3)35(37)43-5)12-15-40(2)29(33)18-23-8-11-30(46-38)26(16-23)21-44-36/h6-11,16,19-20,28-29H,12-15,17-18,21H2,1-5H3/t28-,29+/m0/s1. The fraction of sp³-hybridized carbons (Fsp3) is 0.368. The van der Waals surface area contributed by atoms with E-state index in [1.54, 1.807) is 21.3 Å². The van der Waals surface area contributed by atoms with Crippen LogP contribution in [0, 0.1) is 0 Å². The van der Waals surface area contributed by atoms with E-state index in [0.29, 0.717) is 29.6 Å². The fourth-order valence-corrected chi connectivity index (χ4v) is 7.70. The zero-order valence-corrected chi connectivity index (χ0v) is 27.1. The largest absolute Gasteiger partial charge is 0.493 e. The van der Waals surface area contributed by atoms with E-state index in [0.717, 1.165) is 72.9 Å². The molecule has 11 rings (SSSR count). The maximum absolute atomic E-state index is 6.87. The number of hydrogen-bond donors (Lipinski definition) is 0. The molecule has 0 aliphatic carbocycles. The molecule has 6 bridgehead atoms. The van der Waals surface area contributed by atoms with Gasteiger partial charge in [-0.05, 0) is 98.4 Å². The van der Waals surface area contributed by atoms with Crippen LogP contribution in [0.1, 0.15) is 51.0 Å². The molecule has 0 amide bonds. The van der Waals surface area contributed by atoms with E-state index in [-0.39, 0.29) is 12.1 Å². The Hall–Kier alpha value is -4.40. The summed E-state index contributed by atoms with van der Waals surface area (Å²) in [5.41, 5.74) is 8.18. The van der Waals surface area contributed by atoms with Crippen LogP contribution in [-0.4, -0.2) is 58.3 Å². The van der Waals surface area contributed by atoms with Gasteiger partial charge in [-0.1, -0.05) is 18.2 Å². The molecule has 7 aliphatic rings. The lowest BCUT2D eigenvalue weighted by Crippen LogP contribution is -2.34. The first kappa shape index (κ1) is 29.0. The highest BCUT2D eigenvalue weighted by atomic mass is 16.6. The second kappa shape index (κ2) is 11.4. The maximum atomic E-state index is 6.87. The minimum atomic E-state index is 0.0583. The molecule has 0 radical (unpaired) electrons. The van der Waals surface area contributed by atoms with Gasteiger partial charge in [-0.3, -0.25) is 9.80 Å². The molecular formula is C38H40N2O6. The minimum Gasteiger partial charge on any atom is -0.493 e. The molecule has 7 heterocycles. The normalized spacial score (nSPS) is 20.0. The first-order valence-corrected chi connectivity index (χ1v) is 16.1. The van der Waals surface area contributed by atoms with Crippen LogP contribution in [0.15, 0.2) is 54.6 Å². The van der Waals surface area contributed by atoms with Gasteiger partial charge in [0.2, 0.25) is 11.5 Å². The highest BCUT2D eigenvalue weighted by molar-refractivity contribution is 5.64. The average molecular weight is 621 g/mol. The summed E-state index contributed by atoms with van der Waals surface area (Å²) in [5.74, 6) is 5.75. The molecule has 8 heteroatoms. The summed E-state index contributed by atoms with van der Waals surface area (Å²) in [7, 11) is 9.45. The molecule has 0 N–H and O–H groups in total. The molecule has 0 saturated heterocycles. The van der Waals surface area contributed by atoms with Crippen molar-refractivity contribution in [1.29, 1.82) is 0 Å². The van der Waals surface area contributed by atoms with Gasteiger partial charge in [0.15, 0.2) is 23.0 Å². The van der Waals surface area contributed by atoms with E-state index >= 15 is 0 Å². The first-order chi connectivity index (χ1) is 22.4. The number of benzene rings is 4. The lowest BCUT2D eigenvalue weighted by atomic mass is 9.87. The Bertz CT molecular complexity index is 1820. The Labute approximate surface area is 270 Å². The van der Waals surface area contributed by atoms with Crippen molar-refractivity contribution in [2.24, 2.45) is 0 Å². The molecule has 8 nitrogen and oxygen atoms in total. The smallest absolute Gasteiger partial charge is 0.204 e. The van der Waals surface area contributed by atoms with Crippen molar-refractivity contribution >= 4 is 0 Å². The van der Waals surface area contributed by atoms with Crippen LogP contribution in [0.3, 0.4) is 0 Å². The SMILES string of the molecule is COc1cc2c3c(c1OC)Oc1ccc(cc1)C[C@H]1c4c(cc(OC)c5c4Oc4ccc(cc4CO5)C[C@H]3N(C)CC2)CCN1C. The molecule has 0 saturated carbocycles. The van der Waals surface area contributed by atoms with Gasteiger partial charge in [-0.25, -0.2) is 0 Å². The molecule has 4 aromatic rings. The molecular weight excluding hydrogens is 580 g/mol. The molecule has 2 atom stereocenters. The topological polar surface area (TPSA) is 61.9 Å². The molecule has 0 aromatic heterocycles. The van der Waals surface area contributed by atoms with E-state index < -0.39 is 0 Å². The lowest BCUT2D eigenvalue weighted by molar-refractivity contribution is 0.221. The summed E-state index contributed by atoms with van der Waals surface area (Å²) in [6.45, 7) is 2.26. The zero-order valence-electron chi connectivity index (χ0n) is 27.1. The predicted molar refractivity (Wildman–Crippen MR) is 175 cm³/mol. The van der Waals surface area contributed by atoms with Crippen molar-refractivity contribution in [3.63, 3.8) is 0 Å². The van der Waals surface area contributed by atoms with E-state index in [1.807, 2.05) is 0 Å². The zero-order chi connectivity index (χ0) is 31.5. The Balaban J connectivity index is 1.34. The number of rotatable bonds is 3. The van der Waals surface area contributed by atoms with E-state index in [4.69, 9.17) is 28.4 Å².